The molecule has 1 amide bonds. The molecule has 0 saturated carbocycles. The Morgan fingerprint density at radius 3 is 0.701 bits per heavy atom. The highest BCUT2D eigenvalue weighted by Gasteiger charge is 2.58. The van der Waals surface area contributed by atoms with Gasteiger partial charge in [0.1, 0.15) is 5.60 Å². The molecule has 117 heavy (non-hydrogen) atoms. The zero-order chi connectivity index (χ0) is 84.3. The predicted octanol–water partition coefficient (Wildman–Crippen LogP) is 32.0. The minimum atomic E-state index is -0.454. The van der Waals surface area contributed by atoms with Crippen molar-refractivity contribution in [2.45, 2.75) is 376 Å². The Morgan fingerprint density at radius 1 is 0.291 bits per heavy atom. The highest BCUT2D eigenvalue weighted by atomic mass is 16.6. The molecular weight excluding hydrogens is 1420 g/mol. The number of nitrogens with two attached hydrogens (primary N) is 1. The largest absolute Gasteiger partial charge is 0.444 e. The molecular formula is C113H154N2O2. The second-order valence-corrected chi connectivity index (χ2v) is 38.8. The summed E-state index contributed by atoms with van der Waals surface area (Å²) in [5, 5.41) is 2.87. The summed E-state index contributed by atoms with van der Waals surface area (Å²) in [4.78, 5) is 11.8. The molecule has 6 aliphatic rings. The van der Waals surface area contributed by atoms with Crippen molar-refractivity contribution in [3.63, 3.8) is 0 Å². The molecule has 0 heterocycles. The summed E-state index contributed by atoms with van der Waals surface area (Å²) in [5.41, 5.74) is 48.7. The third kappa shape index (κ3) is 18.1. The minimum absolute atomic E-state index is 0.0224. The molecule has 4 nitrogen and oxygen atoms in total. The summed E-state index contributed by atoms with van der Waals surface area (Å²) in [6.45, 7) is 48.7. The van der Waals surface area contributed by atoms with Crippen LogP contribution in [0.15, 0.2) is 146 Å². The maximum atomic E-state index is 11.8. The number of hydrogen-bond donors (Lipinski definition) is 2. The zero-order valence-corrected chi connectivity index (χ0v) is 77.4. The molecule has 0 spiro atoms. The molecule has 628 valence electrons. The van der Waals surface area contributed by atoms with Crippen LogP contribution in [0.4, 0.5) is 4.79 Å². The highest BCUT2D eigenvalue weighted by Crippen LogP contribution is 2.70. The number of ether oxygens (including phenoxy) is 1. The van der Waals surface area contributed by atoms with Crippen LogP contribution in [0.5, 0.6) is 0 Å². The van der Waals surface area contributed by atoms with Crippen LogP contribution in [0.25, 0.3) is 44.5 Å². The quantitative estimate of drug-likeness (QED) is 0.0403. The number of nitrogens with one attached hydrogen (secondary N) is 1. The Bertz CT molecular complexity index is 4350. The van der Waals surface area contributed by atoms with E-state index in [1.54, 1.807) is 66.8 Å². The molecule has 0 unspecified atom stereocenters. The predicted molar refractivity (Wildman–Crippen MR) is 508 cm³/mol. The third-order valence-electron chi connectivity index (χ3n) is 28.5. The maximum absolute atomic E-state index is 11.8. The van der Waals surface area contributed by atoms with Gasteiger partial charge in [0, 0.05) is 39.0 Å². The summed E-state index contributed by atoms with van der Waals surface area (Å²) < 4.78 is 5.31. The Kier molecular flexibility index (Phi) is 30.0. The van der Waals surface area contributed by atoms with E-state index in [1.165, 1.54) is 256 Å². The lowest BCUT2D eigenvalue weighted by Crippen LogP contribution is -2.33. The van der Waals surface area contributed by atoms with Gasteiger partial charge >= 0.3 is 6.09 Å². The molecule has 0 saturated heterocycles. The first-order valence-electron chi connectivity index (χ1n) is 47.2. The molecule has 8 aromatic carbocycles. The van der Waals surface area contributed by atoms with E-state index in [2.05, 4.69) is 276 Å². The summed E-state index contributed by atoms with van der Waals surface area (Å²) in [6, 6.07) is 57.4. The fourth-order valence-electron chi connectivity index (χ4n) is 22.5. The van der Waals surface area contributed by atoms with Gasteiger partial charge in [-0.05, 0) is 271 Å². The van der Waals surface area contributed by atoms with E-state index in [4.69, 9.17) is 10.5 Å². The second-order valence-electron chi connectivity index (χ2n) is 38.8. The number of allylic oxidation sites excluding steroid dienone is 4. The number of amides is 1. The fraction of sp³-hybridized carbons (Fsp3) is 0.531. The Balaban J connectivity index is 0.000000155. The molecule has 0 fully saturated rings. The van der Waals surface area contributed by atoms with Crippen LogP contribution in [0.3, 0.4) is 0 Å². The van der Waals surface area contributed by atoms with Gasteiger partial charge in [0.05, 0.1) is 0 Å². The van der Waals surface area contributed by atoms with Crippen molar-refractivity contribution in [2.24, 2.45) is 5.73 Å². The van der Waals surface area contributed by atoms with Crippen LogP contribution in [-0.2, 0) is 37.2 Å². The van der Waals surface area contributed by atoms with Crippen molar-refractivity contribution in [3.05, 3.63) is 257 Å². The van der Waals surface area contributed by atoms with Crippen molar-refractivity contribution in [2.75, 3.05) is 13.1 Å². The fourth-order valence-corrected chi connectivity index (χ4v) is 22.5. The van der Waals surface area contributed by atoms with Crippen molar-refractivity contribution < 1.29 is 9.53 Å². The molecule has 4 heteroatoms. The average molecular weight is 1570 g/mol. The van der Waals surface area contributed by atoms with Gasteiger partial charge in [-0.1, -0.05) is 375 Å². The van der Waals surface area contributed by atoms with E-state index in [1.807, 2.05) is 20.8 Å². The van der Waals surface area contributed by atoms with Gasteiger partial charge in [0.25, 0.3) is 0 Å². The number of alkyl carbamates (subject to hydrolysis) is 1. The summed E-state index contributed by atoms with van der Waals surface area (Å²) in [7, 11) is 0. The standard InChI is InChI=1S/2C34H48.C25H33NO2.C20H25N/c2*1-7-11-19-33(20-12-8-2)29-23-25(5)15-17-27(29)32-31(33)28-18-16-26(6)24-30(28)34(32,21-13-9-3)22-14-10-4;1-17-9-11-19-20-12-10-18(2)16-22(20)25(6,21(19)15-17)13-7-8-14-26-23(27)28-24(3,4)5;1-14-6-8-16-17-9-7-15(2)13-19(17)20(3,18(16)12-14)10-4-5-11-21/h2*15-18,23-24H,7-14,19-22H2,1-6H3;9-12,15-16H,7-8,13-14H2,1-6H3,(H,26,27);6-9,12-13H,4-5,10-11,21H2,1-3H3. The molecule has 6 aliphatic carbocycles. The van der Waals surface area contributed by atoms with E-state index in [-0.39, 0.29) is 38.6 Å². The van der Waals surface area contributed by atoms with Crippen LogP contribution in [0, 0.1) is 55.4 Å². The molecule has 0 bridgehead atoms. The van der Waals surface area contributed by atoms with Gasteiger partial charge in [-0.25, -0.2) is 4.79 Å². The van der Waals surface area contributed by atoms with E-state index < -0.39 is 5.60 Å². The Morgan fingerprint density at radius 2 is 0.496 bits per heavy atom. The lowest BCUT2D eigenvalue weighted by atomic mass is 9.66. The number of carbonyl (C=O) groups is 1. The summed E-state index contributed by atoms with van der Waals surface area (Å²) in [6.07, 6.45) is 37.2. The number of unbranched alkanes of at least 4 members (excludes halogenated alkanes) is 10. The number of fused-ring (bicyclic) bond motifs is 14. The van der Waals surface area contributed by atoms with E-state index in [9.17, 15) is 4.79 Å². The number of aryl methyl sites for hydroxylation is 8. The van der Waals surface area contributed by atoms with Crippen LogP contribution in [0.1, 0.15) is 394 Å². The number of benzene rings is 8. The van der Waals surface area contributed by atoms with Gasteiger partial charge in [-0.15, -0.1) is 0 Å². The summed E-state index contributed by atoms with van der Waals surface area (Å²) >= 11 is 0. The van der Waals surface area contributed by atoms with Crippen molar-refractivity contribution in [1.82, 2.24) is 5.32 Å². The number of rotatable bonds is 33. The van der Waals surface area contributed by atoms with E-state index in [0.717, 1.165) is 32.2 Å². The third-order valence-corrected chi connectivity index (χ3v) is 28.5. The van der Waals surface area contributed by atoms with Gasteiger partial charge in [-0.3, -0.25) is 0 Å². The van der Waals surface area contributed by atoms with Crippen LogP contribution >= 0.6 is 0 Å². The molecule has 0 radical (unpaired) electrons. The maximum Gasteiger partial charge on any atom is 0.407 e. The van der Waals surface area contributed by atoms with Crippen LogP contribution in [-0.4, -0.2) is 24.8 Å². The molecule has 3 N–H and O–H groups in total. The van der Waals surface area contributed by atoms with Crippen LogP contribution < -0.4 is 11.1 Å². The van der Waals surface area contributed by atoms with Gasteiger partial charge in [0.15, 0.2) is 0 Å². The molecule has 0 aliphatic heterocycles. The molecule has 8 aromatic rings. The lowest BCUT2D eigenvalue weighted by molar-refractivity contribution is 0.0526. The lowest BCUT2D eigenvalue weighted by Gasteiger charge is -2.37. The number of hydrogen-bond acceptors (Lipinski definition) is 3. The van der Waals surface area contributed by atoms with Gasteiger partial charge in [0.2, 0.25) is 0 Å². The Hall–Kier alpha value is -7.53. The summed E-state index contributed by atoms with van der Waals surface area (Å²) in [5.74, 6) is 0. The topological polar surface area (TPSA) is 64.3 Å². The van der Waals surface area contributed by atoms with Gasteiger partial charge in [-0.2, -0.15) is 0 Å². The first-order chi connectivity index (χ1) is 56.1. The Labute approximate surface area is 712 Å². The van der Waals surface area contributed by atoms with Crippen molar-refractivity contribution in [1.29, 1.82) is 0 Å². The van der Waals surface area contributed by atoms with Gasteiger partial charge < -0.3 is 15.8 Å². The highest BCUT2D eigenvalue weighted by molar-refractivity contribution is 6.11. The SMILES string of the molecule is CCCCC1(CCCC)C2=C(c3ccc(C)cc31)C(CCCC)(CCCC)c1cc(C)ccc12.CCCCC1(CCCC)C2=C(c3ccc(C)cc31)C(CCCC)(CCCC)c1cc(C)ccc12.Cc1ccc2c(c1)C(C)(CCCCN)c1cc(C)ccc1-2.Cc1ccc2c(c1)C(C)(CCCCNC(=O)OC(C)(C)C)c1cc(C)ccc1-2. The monoisotopic (exact) mass is 1570 g/mol. The van der Waals surface area contributed by atoms with Crippen molar-refractivity contribution >= 4 is 28.4 Å². The van der Waals surface area contributed by atoms with Crippen LogP contribution in [0.2, 0.25) is 0 Å². The minimum Gasteiger partial charge on any atom is -0.444 e. The zero-order valence-electron chi connectivity index (χ0n) is 77.4. The van der Waals surface area contributed by atoms with E-state index >= 15 is 0 Å². The van der Waals surface area contributed by atoms with Crippen molar-refractivity contribution in [3.8, 4) is 22.3 Å². The average Bonchev–Trinajstić information content (AvgIpc) is 1.51. The normalized spacial score (nSPS) is 16.1. The molecule has 0 aromatic heterocycles. The number of carbonyl (C=O) groups excluding carboxylic acids is 1. The smallest absolute Gasteiger partial charge is 0.407 e. The first-order valence-corrected chi connectivity index (χ1v) is 47.2. The first kappa shape index (κ1) is 90.2. The second kappa shape index (κ2) is 38.9. The van der Waals surface area contributed by atoms with E-state index in [0.29, 0.717) is 6.54 Å². The molecule has 0 atom stereocenters. The molecule has 14 rings (SSSR count).